The number of carbonyl (C=O) groups excluding carboxylic acids is 1. The number of ether oxygens (including phenoxy) is 2. The zero-order valence-electron chi connectivity index (χ0n) is 19.7. The second-order valence-electron chi connectivity index (χ2n) is 7.71. The summed E-state index contributed by atoms with van der Waals surface area (Å²) in [5.41, 5.74) is 1.99. The molecule has 8 heteroatoms. The topological polar surface area (TPSA) is 84.9 Å². The van der Waals surface area contributed by atoms with Gasteiger partial charge in [0, 0.05) is 11.8 Å². The smallest absolute Gasteiger partial charge is 0.264 e. The number of unbranched alkanes of at least 4 members (excludes halogenated alkanes) is 1. The third kappa shape index (κ3) is 6.08. The van der Waals surface area contributed by atoms with Crippen LogP contribution in [0.2, 0.25) is 0 Å². The van der Waals surface area contributed by atoms with Crippen molar-refractivity contribution in [2.24, 2.45) is 0 Å². The summed E-state index contributed by atoms with van der Waals surface area (Å²) >= 11 is 0. The number of hydrogen-bond donors (Lipinski definition) is 1. The third-order valence-corrected chi connectivity index (χ3v) is 7.10. The number of rotatable bonds is 11. The Morgan fingerprint density at radius 1 is 0.941 bits per heavy atom. The lowest BCUT2D eigenvalue weighted by Crippen LogP contribution is -2.38. The maximum atomic E-state index is 13.6. The van der Waals surface area contributed by atoms with Crippen molar-refractivity contribution in [2.75, 3.05) is 30.4 Å². The standard InChI is InChI=1S/C26H30N2O5S/c1-4-5-9-20-12-14-21(15-13-20)27-26(29)19-28(34(30,31)23-10-7-6-8-11-23)24-18-22(32-2)16-17-25(24)33-3/h6-8,10-18H,4-5,9,19H2,1-3H3,(H,27,29). The van der Waals surface area contributed by atoms with E-state index in [2.05, 4.69) is 12.2 Å². The molecule has 0 aromatic heterocycles. The molecule has 3 rings (SSSR count). The van der Waals surface area contributed by atoms with Crippen LogP contribution in [0, 0.1) is 0 Å². The van der Waals surface area contributed by atoms with Gasteiger partial charge in [-0.15, -0.1) is 0 Å². The molecule has 0 fully saturated rings. The van der Waals surface area contributed by atoms with Gasteiger partial charge in [-0.25, -0.2) is 8.42 Å². The molecule has 0 spiro atoms. The van der Waals surface area contributed by atoms with Gasteiger partial charge in [-0.1, -0.05) is 43.7 Å². The lowest BCUT2D eigenvalue weighted by atomic mass is 10.1. The van der Waals surface area contributed by atoms with Crippen molar-refractivity contribution in [3.05, 3.63) is 78.4 Å². The number of hydrogen-bond acceptors (Lipinski definition) is 5. The summed E-state index contributed by atoms with van der Waals surface area (Å²) < 4.78 is 38.9. The highest BCUT2D eigenvalue weighted by Gasteiger charge is 2.30. The summed E-state index contributed by atoms with van der Waals surface area (Å²) in [7, 11) is -1.15. The van der Waals surface area contributed by atoms with Crippen LogP contribution in [-0.4, -0.2) is 35.1 Å². The zero-order chi connectivity index (χ0) is 24.6. The highest BCUT2D eigenvalue weighted by atomic mass is 32.2. The first-order chi connectivity index (χ1) is 16.4. The predicted molar refractivity (Wildman–Crippen MR) is 134 cm³/mol. The Morgan fingerprint density at radius 2 is 1.65 bits per heavy atom. The monoisotopic (exact) mass is 482 g/mol. The molecule has 0 aliphatic carbocycles. The molecule has 3 aromatic carbocycles. The highest BCUT2D eigenvalue weighted by Crippen LogP contribution is 2.35. The van der Waals surface area contributed by atoms with Crippen molar-refractivity contribution >= 4 is 27.3 Å². The predicted octanol–water partition coefficient (Wildman–Crippen LogP) is 4.88. The van der Waals surface area contributed by atoms with Crippen LogP contribution in [0.25, 0.3) is 0 Å². The Balaban J connectivity index is 1.93. The first kappa shape index (κ1) is 25.1. The molecule has 0 bridgehead atoms. The molecule has 0 saturated heterocycles. The van der Waals surface area contributed by atoms with E-state index in [0.717, 1.165) is 23.6 Å². The number of benzene rings is 3. The molecule has 0 heterocycles. The van der Waals surface area contributed by atoms with Crippen molar-refractivity contribution in [3.63, 3.8) is 0 Å². The molecule has 0 aliphatic heterocycles. The van der Waals surface area contributed by atoms with Gasteiger partial charge in [0.15, 0.2) is 0 Å². The fraction of sp³-hybridized carbons (Fsp3) is 0.269. The summed E-state index contributed by atoms with van der Waals surface area (Å²) in [6, 6.07) is 20.4. The average molecular weight is 483 g/mol. The highest BCUT2D eigenvalue weighted by molar-refractivity contribution is 7.92. The molecule has 0 unspecified atom stereocenters. The first-order valence-corrected chi connectivity index (χ1v) is 12.5. The Kier molecular flexibility index (Phi) is 8.54. The lowest BCUT2D eigenvalue weighted by Gasteiger charge is -2.26. The molecule has 1 N–H and O–H groups in total. The SMILES string of the molecule is CCCCc1ccc(NC(=O)CN(c2cc(OC)ccc2OC)S(=O)(=O)c2ccccc2)cc1. The van der Waals surface area contributed by atoms with Gasteiger partial charge in [0.05, 0.1) is 24.8 Å². The van der Waals surface area contributed by atoms with E-state index in [-0.39, 0.29) is 10.6 Å². The molecular weight excluding hydrogens is 452 g/mol. The number of methoxy groups -OCH3 is 2. The van der Waals surface area contributed by atoms with Crippen LogP contribution in [0.1, 0.15) is 25.3 Å². The van der Waals surface area contributed by atoms with Gasteiger partial charge in [-0.05, 0) is 54.8 Å². The van der Waals surface area contributed by atoms with Gasteiger partial charge < -0.3 is 14.8 Å². The van der Waals surface area contributed by atoms with Crippen molar-refractivity contribution < 1.29 is 22.7 Å². The Bertz CT molecular complexity index is 1200. The van der Waals surface area contributed by atoms with E-state index in [4.69, 9.17) is 9.47 Å². The molecule has 0 aliphatic rings. The van der Waals surface area contributed by atoms with Crippen LogP contribution in [-0.2, 0) is 21.2 Å². The minimum atomic E-state index is -4.08. The van der Waals surface area contributed by atoms with Crippen LogP contribution in [0.15, 0.2) is 77.7 Å². The van der Waals surface area contributed by atoms with Gasteiger partial charge in [-0.2, -0.15) is 0 Å². The molecule has 7 nitrogen and oxygen atoms in total. The van der Waals surface area contributed by atoms with Crippen molar-refractivity contribution in [3.8, 4) is 11.5 Å². The summed E-state index contributed by atoms with van der Waals surface area (Å²) in [6.45, 7) is 1.69. The van der Waals surface area contributed by atoms with Gasteiger partial charge in [-0.3, -0.25) is 9.10 Å². The number of sulfonamides is 1. The molecule has 1 amide bonds. The average Bonchev–Trinajstić information content (AvgIpc) is 2.87. The van der Waals surface area contributed by atoms with E-state index in [0.29, 0.717) is 17.2 Å². The Morgan fingerprint density at radius 3 is 2.26 bits per heavy atom. The number of nitrogens with one attached hydrogen (secondary N) is 1. The van der Waals surface area contributed by atoms with Crippen molar-refractivity contribution in [1.82, 2.24) is 0 Å². The van der Waals surface area contributed by atoms with E-state index in [1.165, 1.54) is 38.0 Å². The van der Waals surface area contributed by atoms with E-state index in [1.807, 2.05) is 24.3 Å². The second-order valence-corrected chi connectivity index (χ2v) is 9.57. The number of carbonyl (C=O) groups is 1. The Labute approximate surface area is 201 Å². The largest absolute Gasteiger partial charge is 0.497 e. The molecule has 180 valence electrons. The van der Waals surface area contributed by atoms with Gasteiger partial charge in [0.1, 0.15) is 18.0 Å². The van der Waals surface area contributed by atoms with Crippen molar-refractivity contribution in [1.29, 1.82) is 0 Å². The zero-order valence-corrected chi connectivity index (χ0v) is 20.5. The lowest BCUT2D eigenvalue weighted by molar-refractivity contribution is -0.114. The van der Waals surface area contributed by atoms with Crippen LogP contribution in [0.4, 0.5) is 11.4 Å². The molecule has 0 atom stereocenters. The van der Waals surface area contributed by atoms with E-state index in [1.54, 1.807) is 30.3 Å². The molecule has 3 aromatic rings. The van der Waals surface area contributed by atoms with Gasteiger partial charge in [0.2, 0.25) is 5.91 Å². The molecule has 0 saturated carbocycles. The fourth-order valence-corrected chi connectivity index (χ4v) is 4.92. The minimum absolute atomic E-state index is 0.0629. The minimum Gasteiger partial charge on any atom is -0.497 e. The maximum Gasteiger partial charge on any atom is 0.264 e. The van der Waals surface area contributed by atoms with Crippen molar-refractivity contribution in [2.45, 2.75) is 31.1 Å². The number of nitrogens with zero attached hydrogens (tertiary/aromatic N) is 1. The Hall–Kier alpha value is -3.52. The van der Waals surface area contributed by atoms with E-state index >= 15 is 0 Å². The number of aryl methyl sites for hydroxylation is 1. The van der Waals surface area contributed by atoms with Crippen LogP contribution >= 0.6 is 0 Å². The number of anilines is 2. The summed E-state index contributed by atoms with van der Waals surface area (Å²) in [6.07, 6.45) is 3.18. The maximum absolute atomic E-state index is 13.6. The summed E-state index contributed by atoms with van der Waals surface area (Å²) in [5, 5.41) is 2.80. The third-order valence-electron chi connectivity index (χ3n) is 5.33. The van der Waals surface area contributed by atoms with Crippen LogP contribution in [0.3, 0.4) is 0 Å². The molecular formula is C26H30N2O5S. The van der Waals surface area contributed by atoms with Gasteiger partial charge >= 0.3 is 0 Å². The fourth-order valence-electron chi connectivity index (χ4n) is 3.48. The second kappa shape index (κ2) is 11.6. The van der Waals surface area contributed by atoms with Crippen LogP contribution < -0.4 is 19.1 Å². The molecule has 0 radical (unpaired) electrons. The summed E-state index contributed by atoms with van der Waals surface area (Å²) in [4.78, 5) is 13.1. The quantitative estimate of drug-likeness (QED) is 0.421. The van der Waals surface area contributed by atoms with Gasteiger partial charge in [0.25, 0.3) is 10.0 Å². The van der Waals surface area contributed by atoms with E-state index in [9.17, 15) is 13.2 Å². The summed E-state index contributed by atoms with van der Waals surface area (Å²) in [5.74, 6) is 0.256. The van der Waals surface area contributed by atoms with E-state index < -0.39 is 22.5 Å². The van der Waals surface area contributed by atoms with Crippen LogP contribution in [0.5, 0.6) is 11.5 Å². The normalized spacial score (nSPS) is 11.0. The number of amides is 1. The first-order valence-electron chi connectivity index (χ1n) is 11.1. The molecule has 34 heavy (non-hydrogen) atoms.